The van der Waals surface area contributed by atoms with Gasteiger partial charge in [0.2, 0.25) is 5.91 Å². The zero-order valence-electron chi connectivity index (χ0n) is 13.5. The van der Waals surface area contributed by atoms with Crippen LogP contribution in [0.4, 0.5) is 4.39 Å². The molecule has 1 aliphatic rings. The van der Waals surface area contributed by atoms with Gasteiger partial charge in [-0.05, 0) is 18.2 Å². The molecule has 1 amide bonds. The van der Waals surface area contributed by atoms with E-state index >= 15 is 0 Å². The summed E-state index contributed by atoms with van der Waals surface area (Å²) in [4.78, 5) is 14.4. The molecule has 0 bridgehead atoms. The van der Waals surface area contributed by atoms with E-state index in [9.17, 15) is 9.18 Å². The predicted molar refractivity (Wildman–Crippen MR) is 84.2 cm³/mol. The second-order valence-corrected chi connectivity index (χ2v) is 6.02. The molecule has 0 spiro atoms. The maximum Gasteiger partial charge on any atom is 0.228 e. The summed E-state index contributed by atoms with van der Waals surface area (Å²) in [6.45, 7) is 0.936. The summed E-state index contributed by atoms with van der Waals surface area (Å²) < 4.78 is 24.1. The third-order valence-corrected chi connectivity index (χ3v) is 4.56. The molecule has 8 nitrogen and oxygen atoms in total. The number of fused-ring (bicyclic) bond motifs is 1. The Labute approximate surface area is 141 Å². The molecule has 0 saturated carbocycles. The van der Waals surface area contributed by atoms with Crippen LogP contribution >= 0.6 is 0 Å². The Kier molecular flexibility index (Phi) is 3.92. The van der Waals surface area contributed by atoms with Crippen LogP contribution in [0.3, 0.4) is 0 Å². The fraction of sp³-hybridized carbons (Fsp3) is 0.375. The second-order valence-electron chi connectivity index (χ2n) is 6.02. The van der Waals surface area contributed by atoms with E-state index in [0.717, 1.165) is 5.69 Å². The molecule has 2 atom stereocenters. The standard InChI is InChI=1S/C16H16FN5O3/c1-24-15-8-22(7-11(15)13-6-18-21-19-13)16(23)5-12-10-4-9(17)2-3-14(10)25-20-12/h2-4,6,11,15H,5,7-8H2,1H3,(H,18,19,21)/t11-,15+/m0/s1. The molecule has 1 aromatic carbocycles. The lowest BCUT2D eigenvalue weighted by Gasteiger charge is -2.15. The predicted octanol–water partition coefficient (Wildman–Crippen LogP) is 1.27. The van der Waals surface area contributed by atoms with Crippen molar-refractivity contribution in [1.82, 2.24) is 25.5 Å². The molecule has 3 aromatic rings. The second kappa shape index (κ2) is 6.25. The minimum Gasteiger partial charge on any atom is -0.379 e. The van der Waals surface area contributed by atoms with Gasteiger partial charge in [0.15, 0.2) is 5.58 Å². The molecule has 4 rings (SSSR count). The molecule has 2 aromatic heterocycles. The number of carbonyl (C=O) groups is 1. The van der Waals surface area contributed by atoms with Gasteiger partial charge in [0.05, 0.1) is 30.3 Å². The third kappa shape index (κ3) is 2.86. The van der Waals surface area contributed by atoms with E-state index in [1.54, 1.807) is 18.2 Å². The monoisotopic (exact) mass is 345 g/mol. The number of methoxy groups -OCH3 is 1. The van der Waals surface area contributed by atoms with Gasteiger partial charge in [-0.15, -0.1) is 0 Å². The number of rotatable bonds is 4. The zero-order chi connectivity index (χ0) is 17.4. The average molecular weight is 345 g/mol. The lowest BCUT2D eigenvalue weighted by atomic mass is 10.0. The van der Waals surface area contributed by atoms with Crippen LogP contribution in [0.2, 0.25) is 0 Å². The van der Waals surface area contributed by atoms with Crippen LogP contribution < -0.4 is 0 Å². The summed E-state index contributed by atoms with van der Waals surface area (Å²) in [7, 11) is 1.61. The van der Waals surface area contributed by atoms with Crippen LogP contribution in [-0.4, -0.2) is 57.7 Å². The minimum atomic E-state index is -0.392. The van der Waals surface area contributed by atoms with Crippen molar-refractivity contribution in [2.45, 2.75) is 18.4 Å². The Balaban J connectivity index is 1.52. The molecule has 130 valence electrons. The number of ether oxygens (including phenoxy) is 1. The fourth-order valence-corrected chi connectivity index (χ4v) is 3.23. The van der Waals surface area contributed by atoms with E-state index in [0.29, 0.717) is 29.8 Å². The number of aromatic nitrogens is 4. The number of likely N-dealkylation sites (tertiary alicyclic amines) is 1. The van der Waals surface area contributed by atoms with Gasteiger partial charge in [0.1, 0.15) is 11.5 Å². The van der Waals surface area contributed by atoms with E-state index in [4.69, 9.17) is 9.26 Å². The number of aromatic amines is 1. The zero-order valence-corrected chi connectivity index (χ0v) is 13.5. The number of nitrogens with one attached hydrogen (secondary N) is 1. The van der Waals surface area contributed by atoms with Crippen LogP contribution in [0.1, 0.15) is 17.3 Å². The molecule has 1 fully saturated rings. The van der Waals surface area contributed by atoms with Crippen molar-refractivity contribution in [2.24, 2.45) is 0 Å². The molecule has 1 N–H and O–H groups in total. The Morgan fingerprint density at radius 2 is 2.36 bits per heavy atom. The van der Waals surface area contributed by atoms with E-state index in [1.807, 2.05) is 0 Å². The van der Waals surface area contributed by atoms with Crippen LogP contribution in [0.15, 0.2) is 28.9 Å². The lowest BCUT2D eigenvalue weighted by molar-refractivity contribution is -0.129. The number of halogens is 1. The first kappa shape index (κ1) is 15.7. The van der Waals surface area contributed by atoms with Gasteiger partial charge < -0.3 is 14.2 Å². The van der Waals surface area contributed by atoms with E-state index in [2.05, 4.69) is 20.6 Å². The summed E-state index contributed by atoms with van der Waals surface area (Å²) in [5, 5.41) is 14.9. The largest absolute Gasteiger partial charge is 0.379 e. The first-order chi connectivity index (χ1) is 12.2. The maximum atomic E-state index is 13.4. The summed E-state index contributed by atoms with van der Waals surface area (Å²) in [6, 6.07) is 4.13. The van der Waals surface area contributed by atoms with Gasteiger partial charge in [-0.3, -0.25) is 4.79 Å². The summed E-state index contributed by atoms with van der Waals surface area (Å²) in [5.74, 6) is -0.553. The van der Waals surface area contributed by atoms with Gasteiger partial charge in [-0.1, -0.05) is 5.16 Å². The molecule has 25 heavy (non-hydrogen) atoms. The van der Waals surface area contributed by atoms with Crippen molar-refractivity contribution in [1.29, 1.82) is 0 Å². The molecule has 0 aliphatic carbocycles. The first-order valence-electron chi connectivity index (χ1n) is 7.85. The Hall–Kier alpha value is -2.81. The van der Waals surface area contributed by atoms with Crippen LogP contribution in [0.5, 0.6) is 0 Å². The van der Waals surface area contributed by atoms with E-state index < -0.39 is 5.82 Å². The van der Waals surface area contributed by atoms with E-state index in [1.165, 1.54) is 18.2 Å². The number of nitrogens with zero attached hydrogens (tertiary/aromatic N) is 4. The quantitative estimate of drug-likeness (QED) is 0.765. The SMILES string of the molecule is CO[C@@H]1CN(C(=O)Cc2noc3ccc(F)cc23)C[C@H]1c1cn[nH]n1. The highest BCUT2D eigenvalue weighted by atomic mass is 19.1. The number of hydrogen-bond acceptors (Lipinski definition) is 6. The number of carbonyl (C=O) groups excluding carboxylic acids is 1. The minimum absolute atomic E-state index is 0.0401. The topological polar surface area (TPSA) is 97.1 Å². The van der Waals surface area contributed by atoms with Gasteiger partial charge in [0, 0.05) is 25.6 Å². The smallest absolute Gasteiger partial charge is 0.228 e. The molecule has 0 radical (unpaired) electrons. The highest BCUT2D eigenvalue weighted by Crippen LogP contribution is 2.29. The molecule has 9 heteroatoms. The number of amides is 1. The average Bonchev–Trinajstić information content (AvgIpc) is 3.34. The maximum absolute atomic E-state index is 13.4. The number of H-pyrrole nitrogens is 1. The lowest BCUT2D eigenvalue weighted by Crippen LogP contribution is -2.31. The van der Waals surface area contributed by atoms with Crippen molar-refractivity contribution in [3.8, 4) is 0 Å². The van der Waals surface area contributed by atoms with Gasteiger partial charge >= 0.3 is 0 Å². The molecule has 3 heterocycles. The summed E-state index contributed by atoms with van der Waals surface area (Å²) >= 11 is 0. The summed E-state index contributed by atoms with van der Waals surface area (Å²) in [6.07, 6.45) is 1.53. The van der Waals surface area contributed by atoms with Gasteiger partial charge in [-0.2, -0.15) is 15.4 Å². The third-order valence-electron chi connectivity index (χ3n) is 4.56. The van der Waals surface area contributed by atoms with E-state index in [-0.39, 0.29) is 24.3 Å². The van der Waals surface area contributed by atoms with Crippen molar-refractivity contribution < 1.29 is 18.4 Å². The van der Waals surface area contributed by atoms with Crippen molar-refractivity contribution in [2.75, 3.05) is 20.2 Å². The fourth-order valence-electron chi connectivity index (χ4n) is 3.23. The first-order valence-corrected chi connectivity index (χ1v) is 7.85. The van der Waals surface area contributed by atoms with Crippen molar-refractivity contribution >= 4 is 16.9 Å². The molecular formula is C16H16FN5O3. The number of hydrogen-bond donors (Lipinski definition) is 1. The molecule has 1 saturated heterocycles. The summed E-state index contributed by atoms with van der Waals surface area (Å²) in [5.41, 5.74) is 1.65. The molecule has 0 unspecified atom stereocenters. The van der Waals surface area contributed by atoms with Crippen molar-refractivity contribution in [3.05, 3.63) is 41.6 Å². The van der Waals surface area contributed by atoms with Crippen LogP contribution in [-0.2, 0) is 16.0 Å². The normalized spacial score (nSPS) is 20.5. The number of benzene rings is 1. The highest BCUT2D eigenvalue weighted by molar-refractivity contribution is 5.86. The molecule has 1 aliphatic heterocycles. The van der Waals surface area contributed by atoms with Crippen molar-refractivity contribution in [3.63, 3.8) is 0 Å². The Morgan fingerprint density at radius 1 is 1.48 bits per heavy atom. The highest BCUT2D eigenvalue weighted by Gasteiger charge is 2.38. The molecular weight excluding hydrogens is 329 g/mol. The Bertz CT molecular complexity index is 894. The van der Waals surface area contributed by atoms with Gasteiger partial charge in [0.25, 0.3) is 0 Å². The van der Waals surface area contributed by atoms with Gasteiger partial charge in [-0.25, -0.2) is 4.39 Å². The Morgan fingerprint density at radius 3 is 3.12 bits per heavy atom. The van der Waals surface area contributed by atoms with Crippen LogP contribution in [0.25, 0.3) is 11.0 Å². The van der Waals surface area contributed by atoms with Crippen LogP contribution in [0, 0.1) is 5.82 Å².